The summed E-state index contributed by atoms with van der Waals surface area (Å²) in [4.78, 5) is 23.2. The van der Waals surface area contributed by atoms with E-state index in [-0.39, 0.29) is 11.3 Å². The fourth-order valence-electron chi connectivity index (χ4n) is 1.81. The molecule has 0 atom stereocenters. The lowest BCUT2D eigenvalue weighted by molar-refractivity contribution is 0.0698. The fraction of sp³-hybridized carbons (Fsp3) is 0.0667. The Morgan fingerprint density at radius 3 is 2.43 bits per heavy atom. The number of urea groups is 1. The van der Waals surface area contributed by atoms with Crippen molar-refractivity contribution < 1.29 is 14.7 Å². The number of amides is 2. The van der Waals surface area contributed by atoms with Gasteiger partial charge >= 0.3 is 12.0 Å². The molecule has 0 radical (unpaired) electrons. The molecule has 0 aliphatic carbocycles. The maximum absolute atomic E-state index is 12.0. The zero-order valence-corrected chi connectivity index (χ0v) is 12.8. The summed E-state index contributed by atoms with van der Waals surface area (Å²) < 4.78 is 0.502. The number of halogens is 1. The van der Waals surface area contributed by atoms with Crippen LogP contribution in [0.25, 0.3) is 0 Å². The number of carboxylic acids is 1. The van der Waals surface area contributed by atoms with Crippen LogP contribution >= 0.6 is 15.9 Å². The minimum atomic E-state index is -1.11. The first-order valence-electron chi connectivity index (χ1n) is 6.14. The highest BCUT2D eigenvalue weighted by atomic mass is 79.9. The summed E-state index contributed by atoms with van der Waals surface area (Å²) in [5.41, 5.74) is 1.82. The number of benzene rings is 2. The van der Waals surface area contributed by atoms with Crippen molar-refractivity contribution in [3.8, 4) is 0 Å². The molecule has 0 fully saturated rings. The molecule has 0 bridgehead atoms. The Morgan fingerprint density at radius 2 is 1.76 bits per heavy atom. The smallest absolute Gasteiger partial charge is 0.337 e. The van der Waals surface area contributed by atoms with Crippen LogP contribution in [0.15, 0.2) is 46.9 Å². The normalized spacial score (nSPS) is 10.0. The van der Waals surface area contributed by atoms with E-state index in [1.54, 1.807) is 18.2 Å². The molecule has 0 spiro atoms. The van der Waals surface area contributed by atoms with E-state index in [1.165, 1.54) is 6.07 Å². The molecule has 2 amide bonds. The Labute approximate surface area is 130 Å². The number of hydrogen-bond acceptors (Lipinski definition) is 2. The van der Waals surface area contributed by atoms with E-state index in [4.69, 9.17) is 5.11 Å². The third-order valence-corrected chi connectivity index (χ3v) is 3.54. The second-order valence-corrected chi connectivity index (χ2v) is 5.22. The highest BCUT2D eigenvalue weighted by Crippen LogP contribution is 2.27. The number of carbonyl (C=O) groups excluding carboxylic acids is 1. The van der Waals surface area contributed by atoms with Crippen LogP contribution in [-0.2, 0) is 0 Å². The van der Waals surface area contributed by atoms with Gasteiger partial charge in [0.2, 0.25) is 0 Å². The molecule has 2 aromatic rings. The molecule has 5 nitrogen and oxygen atoms in total. The number of carboxylic acid groups (broad SMARTS) is 1. The van der Waals surface area contributed by atoms with Crippen LogP contribution in [0.5, 0.6) is 0 Å². The van der Waals surface area contributed by atoms with Crippen molar-refractivity contribution in [3.05, 3.63) is 58.1 Å². The predicted octanol–water partition coefficient (Wildman–Crippen LogP) is 4.10. The first-order chi connectivity index (χ1) is 9.99. The molecule has 0 saturated heterocycles. The third kappa shape index (κ3) is 3.61. The van der Waals surface area contributed by atoms with Crippen molar-refractivity contribution >= 4 is 39.3 Å². The summed E-state index contributed by atoms with van der Waals surface area (Å²) in [7, 11) is 0. The second kappa shape index (κ2) is 6.41. The van der Waals surface area contributed by atoms with E-state index in [0.29, 0.717) is 10.2 Å². The van der Waals surface area contributed by atoms with Gasteiger partial charge in [0.1, 0.15) is 0 Å². The zero-order chi connectivity index (χ0) is 15.4. The monoisotopic (exact) mass is 348 g/mol. The van der Waals surface area contributed by atoms with Gasteiger partial charge in [0.25, 0.3) is 0 Å². The number of anilines is 2. The molecule has 108 valence electrons. The first-order valence-corrected chi connectivity index (χ1v) is 6.94. The maximum atomic E-state index is 12.0. The Bertz CT molecular complexity index is 701. The van der Waals surface area contributed by atoms with Gasteiger partial charge in [0, 0.05) is 10.2 Å². The molecule has 0 saturated carbocycles. The molecule has 0 aliphatic heterocycles. The number of aryl methyl sites for hydroxylation is 1. The molecule has 2 rings (SSSR count). The highest BCUT2D eigenvalue weighted by Gasteiger charge is 2.15. The van der Waals surface area contributed by atoms with Crippen molar-refractivity contribution in [2.45, 2.75) is 6.92 Å². The van der Waals surface area contributed by atoms with Crippen LogP contribution in [0.1, 0.15) is 15.9 Å². The fourth-order valence-corrected chi connectivity index (χ4v) is 2.27. The lowest BCUT2D eigenvalue weighted by Gasteiger charge is -2.12. The standard InChI is InChI=1S/C15H13BrN2O3/c1-9-5-2-3-8-12(9)17-15(21)18-13-10(14(19)20)6-4-7-11(13)16/h2-8H,1H3,(H,19,20)(H2,17,18,21). The van der Waals surface area contributed by atoms with Crippen molar-refractivity contribution in [2.24, 2.45) is 0 Å². The van der Waals surface area contributed by atoms with Gasteiger partial charge in [-0.1, -0.05) is 24.3 Å². The Morgan fingerprint density at radius 1 is 1.05 bits per heavy atom. The average Bonchev–Trinajstić information content (AvgIpc) is 2.43. The van der Waals surface area contributed by atoms with Crippen molar-refractivity contribution in [1.29, 1.82) is 0 Å². The van der Waals surface area contributed by atoms with Gasteiger partial charge in [-0.25, -0.2) is 9.59 Å². The number of nitrogens with one attached hydrogen (secondary N) is 2. The van der Waals surface area contributed by atoms with Gasteiger partial charge in [-0.15, -0.1) is 0 Å². The van der Waals surface area contributed by atoms with Gasteiger partial charge in [-0.3, -0.25) is 0 Å². The first kappa shape index (κ1) is 15.1. The molecule has 0 heterocycles. The summed E-state index contributed by atoms with van der Waals surface area (Å²) in [5, 5.41) is 14.4. The third-order valence-electron chi connectivity index (χ3n) is 2.88. The molecule has 21 heavy (non-hydrogen) atoms. The van der Waals surface area contributed by atoms with Crippen LogP contribution < -0.4 is 10.6 Å². The van der Waals surface area contributed by atoms with E-state index in [1.807, 2.05) is 25.1 Å². The summed E-state index contributed by atoms with van der Waals surface area (Å²) in [6, 6.07) is 11.5. The molecule has 3 N–H and O–H groups in total. The summed E-state index contributed by atoms with van der Waals surface area (Å²) in [5.74, 6) is -1.11. The van der Waals surface area contributed by atoms with E-state index in [0.717, 1.165) is 5.56 Å². The van der Waals surface area contributed by atoms with E-state index in [2.05, 4.69) is 26.6 Å². The Balaban J connectivity index is 2.21. The number of rotatable bonds is 3. The predicted molar refractivity (Wildman–Crippen MR) is 84.9 cm³/mol. The van der Waals surface area contributed by atoms with Crippen LogP contribution in [0, 0.1) is 6.92 Å². The van der Waals surface area contributed by atoms with Gasteiger partial charge in [0.05, 0.1) is 11.3 Å². The van der Waals surface area contributed by atoms with E-state index in [9.17, 15) is 9.59 Å². The SMILES string of the molecule is Cc1ccccc1NC(=O)Nc1c(Br)cccc1C(=O)O. The largest absolute Gasteiger partial charge is 0.478 e. The van der Waals surface area contributed by atoms with Crippen LogP contribution in [0.2, 0.25) is 0 Å². The number of para-hydroxylation sites is 2. The van der Waals surface area contributed by atoms with E-state index < -0.39 is 12.0 Å². The van der Waals surface area contributed by atoms with Gasteiger partial charge in [0.15, 0.2) is 0 Å². The second-order valence-electron chi connectivity index (χ2n) is 4.36. The molecule has 0 aliphatic rings. The minimum Gasteiger partial charge on any atom is -0.478 e. The molecule has 0 unspecified atom stereocenters. The summed E-state index contributed by atoms with van der Waals surface area (Å²) in [6.45, 7) is 1.87. The molecule has 2 aromatic carbocycles. The van der Waals surface area contributed by atoms with Gasteiger partial charge in [-0.2, -0.15) is 0 Å². The summed E-state index contributed by atoms with van der Waals surface area (Å²) >= 11 is 3.24. The Kier molecular flexibility index (Phi) is 4.59. The number of hydrogen-bond donors (Lipinski definition) is 3. The van der Waals surface area contributed by atoms with E-state index >= 15 is 0 Å². The van der Waals surface area contributed by atoms with Crippen molar-refractivity contribution in [3.63, 3.8) is 0 Å². The Hall–Kier alpha value is -2.34. The highest BCUT2D eigenvalue weighted by molar-refractivity contribution is 9.10. The molecule has 0 aromatic heterocycles. The quantitative estimate of drug-likeness (QED) is 0.781. The minimum absolute atomic E-state index is 0.0179. The van der Waals surface area contributed by atoms with Gasteiger partial charge < -0.3 is 15.7 Å². The number of carbonyl (C=O) groups is 2. The molecular formula is C15H13BrN2O3. The van der Waals surface area contributed by atoms with Crippen LogP contribution in [0.3, 0.4) is 0 Å². The van der Waals surface area contributed by atoms with Crippen LogP contribution in [0.4, 0.5) is 16.2 Å². The van der Waals surface area contributed by atoms with Gasteiger partial charge in [-0.05, 0) is 46.6 Å². The average molecular weight is 349 g/mol. The number of aromatic carboxylic acids is 1. The maximum Gasteiger partial charge on any atom is 0.337 e. The van der Waals surface area contributed by atoms with Crippen molar-refractivity contribution in [1.82, 2.24) is 0 Å². The molecular weight excluding hydrogens is 336 g/mol. The topological polar surface area (TPSA) is 78.4 Å². The lowest BCUT2D eigenvalue weighted by atomic mass is 10.2. The molecule has 6 heteroatoms. The van der Waals surface area contributed by atoms with Crippen LogP contribution in [-0.4, -0.2) is 17.1 Å². The zero-order valence-electron chi connectivity index (χ0n) is 11.2. The van der Waals surface area contributed by atoms with Crippen molar-refractivity contribution in [2.75, 3.05) is 10.6 Å². The lowest BCUT2D eigenvalue weighted by Crippen LogP contribution is -2.21. The summed E-state index contributed by atoms with van der Waals surface area (Å²) in [6.07, 6.45) is 0.